The Morgan fingerprint density at radius 3 is 2.46 bits per heavy atom. The van der Waals surface area contributed by atoms with Crippen molar-refractivity contribution >= 4 is 33.3 Å². The Morgan fingerprint density at radius 2 is 1.81 bits per heavy atom. The molecule has 8 nitrogen and oxygen atoms in total. The molecule has 0 N–H and O–H groups in total. The molecule has 0 bridgehead atoms. The van der Waals surface area contributed by atoms with E-state index in [0.717, 1.165) is 40.8 Å². The summed E-state index contributed by atoms with van der Waals surface area (Å²) >= 11 is 3.37. The second-order valence-corrected chi connectivity index (χ2v) is 8.52. The van der Waals surface area contributed by atoms with E-state index in [1.807, 2.05) is 23.7 Å². The molecular weight excluding hydrogens is 396 g/mol. The monoisotopic (exact) mass is 416 g/mol. The van der Waals surface area contributed by atoms with Crippen molar-refractivity contribution in [2.45, 2.75) is 32.2 Å². The van der Waals surface area contributed by atoms with Gasteiger partial charge in [-0.05, 0) is 28.1 Å². The van der Waals surface area contributed by atoms with E-state index in [1.165, 1.54) is 0 Å². The fourth-order valence-electron chi connectivity index (χ4n) is 2.95. The molecule has 0 unspecified atom stereocenters. The zero-order valence-electron chi connectivity index (χ0n) is 15.3. The van der Waals surface area contributed by atoms with Gasteiger partial charge in [-0.15, -0.1) is 15.3 Å². The van der Waals surface area contributed by atoms with Crippen LogP contribution in [0.1, 0.15) is 26.6 Å². The van der Waals surface area contributed by atoms with Crippen LogP contribution in [0.15, 0.2) is 29.0 Å². The molecule has 0 radical (unpaired) electrons. The fourth-order valence-corrected chi connectivity index (χ4v) is 3.16. The van der Waals surface area contributed by atoms with Crippen LogP contribution in [0, 0.1) is 0 Å². The van der Waals surface area contributed by atoms with Crippen LogP contribution < -0.4 is 9.80 Å². The third-order valence-corrected chi connectivity index (χ3v) is 4.99. The smallest absolute Gasteiger partial charge is 0.225 e. The number of hydrogen-bond acceptors (Lipinski definition) is 7. The van der Waals surface area contributed by atoms with E-state index in [0.29, 0.717) is 6.04 Å². The predicted molar refractivity (Wildman–Crippen MR) is 104 cm³/mol. The molecule has 1 aliphatic heterocycles. The van der Waals surface area contributed by atoms with Crippen LogP contribution in [-0.2, 0) is 5.41 Å². The highest BCUT2D eigenvalue weighted by molar-refractivity contribution is 9.10. The summed E-state index contributed by atoms with van der Waals surface area (Å²) in [5.74, 6) is 2.53. The first kappa shape index (κ1) is 17.1. The largest absolute Gasteiger partial charge is 0.351 e. The molecule has 4 rings (SSSR count). The van der Waals surface area contributed by atoms with E-state index >= 15 is 0 Å². The lowest BCUT2D eigenvalue weighted by molar-refractivity contribution is 0.480. The van der Waals surface area contributed by atoms with Gasteiger partial charge >= 0.3 is 0 Å². The maximum absolute atomic E-state index is 4.76. The first-order chi connectivity index (χ1) is 12.3. The standard InChI is InChI=1S/C17H21BrN8/c1-17(2,3)15-22-21-13-5-6-14(23-26(13)15)25-9-12(10-25)24(4)16-19-7-11(18)8-20-16/h5-8,12H,9-10H2,1-4H3. The van der Waals surface area contributed by atoms with Crippen LogP contribution >= 0.6 is 15.9 Å². The number of likely N-dealkylation sites (N-methyl/N-ethyl adjacent to an activating group) is 1. The van der Waals surface area contributed by atoms with Gasteiger partial charge in [-0.3, -0.25) is 0 Å². The SMILES string of the molecule is CN(c1ncc(Br)cn1)C1CN(c2ccc3nnc(C(C)(C)C)n3n2)C1. The quantitative estimate of drug-likeness (QED) is 0.647. The maximum Gasteiger partial charge on any atom is 0.225 e. The second-order valence-electron chi connectivity index (χ2n) is 7.61. The summed E-state index contributed by atoms with van der Waals surface area (Å²) < 4.78 is 2.73. The van der Waals surface area contributed by atoms with Crippen LogP contribution in [0.3, 0.4) is 0 Å². The third-order valence-electron chi connectivity index (χ3n) is 4.58. The summed E-state index contributed by atoms with van der Waals surface area (Å²) in [6.45, 7) is 8.10. The maximum atomic E-state index is 4.76. The summed E-state index contributed by atoms with van der Waals surface area (Å²) in [5, 5.41) is 13.3. The van der Waals surface area contributed by atoms with Gasteiger partial charge in [0.25, 0.3) is 0 Å². The summed E-state index contributed by atoms with van der Waals surface area (Å²) in [5.41, 5.74) is 0.665. The molecule has 4 heterocycles. The third kappa shape index (κ3) is 3.00. The summed E-state index contributed by atoms with van der Waals surface area (Å²) in [7, 11) is 2.03. The molecule has 0 aromatic carbocycles. The van der Waals surface area contributed by atoms with Crippen LogP contribution in [0.5, 0.6) is 0 Å². The molecule has 136 valence electrons. The minimum absolute atomic E-state index is 0.109. The number of anilines is 2. The van der Waals surface area contributed by atoms with Gasteiger partial charge in [-0.2, -0.15) is 4.52 Å². The van der Waals surface area contributed by atoms with Gasteiger partial charge in [0.2, 0.25) is 5.95 Å². The molecule has 0 atom stereocenters. The molecule has 3 aromatic heterocycles. The van der Waals surface area contributed by atoms with Crippen LogP contribution in [0.2, 0.25) is 0 Å². The molecule has 0 spiro atoms. The highest BCUT2D eigenvalue weighted by Crippen LogP contribution is 2.25. The lowest BCUT2D eigenvalue weighted by Gasteiger charge is -2.44. The van der Waals surface area contributed by atoms with E-state index in [9.17, 15) is 0 Å². The average molecular weight is 417 g/mol. The van der Waals surface area contributed by atoms with Gasteiger partial charge in [-0.1, -0.05) is 20.8 Å². The fraction of sp³-hybridized carbons (Fsp3) is 0.471. The van der Waals surface area contributed by atoms with Crippen molar-refractivity contribution in [1.82, 2.24) is 29.8 Å². The second kappa shape index (κ2) is 6.15. The Balaban J connectivity index is 1.51. The summed E-state index contributed by atoms with van der Waals surface area (Å²) in [6.07, 6.45) is 3.54. The lowest BCUT2D eigenvalue weighted by atomic mass is 9.96. The van der Waals surface area contributed by atoms with Gasteiger partial charge < -0.3 is 9.80 Å². The molecule has 0 amide bonds. The molecule has 9 heteroatoms. The van der Waals surface area contributed by atoms with Gasteiger partial charge in [-0.25, -0.2) is 9.97 Å². The van der Waals surface area contributed by atoms with Gasteiger partial charge in [0, 0.05) is 37.9 Å². The Morgan fingerprint density at radius 1 is 1.12 bits per heavy atom. The zero-order chi connectivity index (χ0) is 18.5. The molecule has 1 fully saturated rings. The van der Waals surface area contributed by atoms with Crippen molar-refractivity contribution in [3.8, 4) is 0 Å². The van der Waals surface area contributed by atoms with Crippen LogP contribution in [-0.4, -0.2) is 56.0 Å². The highest BCUT2D eigenvalue weighted by Gasteiger charge is 2.33. The average Bonchev–Trinajstić information content (AvgIpc) is 2.97. The number of rotatable bonds is 3. The highest BCUT2D eigenvalue weighted by atomic mass is 79.9. The Kier molecular flexibility index (Phi) is 4.06. The molecule has 3 aromatic rings. The Hall–Kier alpha value is -2.29. The van der Waals surface area contributed by atoms with Gasteiger partial charge in [0.15, 0.2) is 11.5 Å². The van der Waals surface area contributed by atoms with Crippen molar-refractivity contribution in [2.24, 2.45) is 0 Å². The Labute approximate surface area is 160 Å². The number of halogens is 1. The Bertz CT molecular complexity index is 924. The van der Waals surface area contributed by atoms with Crippen molar-refractivity contribution in [1.29, 1.82) is 0 Å². The van der Waals surface area contributed by atoms with Gasteiger partial charge in [0.1, 0.15) is 5.82 Å². The molecular formula is C17H21BrN8. The molecule has 1 aliphatic rings. The van der Waals surface area contributed by atoms with Crippen molar-refractivity contribution in [2.75, 3.05) is 29.9 Å². The predicted octanol–water partition coefficient (Wildman–Crippen LogP) is 2.30. The minimum atomic E-state index is -0.109. The molecule has 26 heavy (non-hydrogen) atoms. The van der Waals surface area contributed by atoms with E-state index < -0.39 is 0 Å². The van der Waals surface area contributed by atoms with E-state index in [4.69, 9.17) is 5.10 Å². The zero-order valence-corrected chi connectivity index (χ0v) is 16.8. The van der Waals surface area contributed by atoms with Crippen molar-refractivity contribution in [3.05, 3.63) is 34.8 Å². The van der Waals surface area contributed by atoms with E-state index in [1.54, 1.807) is 12.4 Å². The minimum Gasteiger partial charge on any atom is -0.351 e. The lowest BCUT2D eigenvalue weighted by Crippen LogP contribution is -2.59. The molecule has 0 saturated carbocycles. The number of fused-ring (bicyclic) bond motifs is 1. The number of nitrogens with zero attached hydrogens (tertiary/aromatic N) is 8. The number of hydrogen-bond donors (Lipinski definition) is 0. The molecule has 1 saturated heterocycles. The first-order valence-electron chi connectivity index (χ1n) is 8.51. The van der Waals surface area contributed by atoms with Crippen molar-refractivity contribution < 1.29 is 0 Å². The first-order valence-corrected chi connectivity index (χ1v) is 9.30. The normalized spacial score (nSPS) is 15.3. The summed E-state index contributed by atoms with van der Waals surface area (Å²) in [4.78, 5) is 13.1. The molecule has 0 aliphatic carbocycles. The van der Waals surface area contributed by atoms with E-state index in [2.05, 4.69) is 66.7 Å². The van der Waals surface area contributed by atoms with Crippen molar-refractivity contribution in [3.63, 3.8) is 0 Å². The summed E-state index contributed by atoms with van der Waals surface area (Å²) in [6, 6.07) is 4.33. The van der Waals surface area contributed by atoms with Crippen LogP contribution in [0.4, 0.5) is 11.8 Å². The van der Waals surface area contributed by atoms with E-state index in [-0.39, 0.29) is 5.41 Å². The topological polar surface area (TPSA) is 75.3 Å². The van der Waals surface area contributed by atoms with Crippen LogP contribution in [0.25, 0.3) is 5.65 Å². The number of aromatic nitrogens is 6. The van der Waals surface area contributed by atoms with Gasteiger partial charge in [0.05, 0.1) is 10.5 Å².